The van der Waals surface area contributed by atoms with E-state index in [1.165, 1.54) is 24.3 Å². The van der Waals surface area contributed by atoms with Crippen LogP contribution in [0.15, 0.2) is 88.3 Å². The number of benzene rings is 3. The number of carbonyl (C=O) groups excluding carboxylic acids is 5. The van der Waals surface area contributed by atoms with Crippen LogP contribution >= 0.6 is 0 Å². The Bertz CT molecular complexity index is 1950. The quantitative estimate of drug-likeness (QED) is 0.124. The summed E-state index contributed by atoms with van der Waals surface area (Å²) in [5, 5.41) is 9.36. The summed E-state index contributed by atoms with van der Waals surface area (Å²) in [7, 11) is 0. The number of furan rings is 1. The third-order valence-electron chi connectivity index (χ3n) is 9.00. The smallest absolute Gasteiger partial charge is 0.325 e. The maximum Gasteiger partial charge on any atom is 0.325 e. The number of esters is 1. The van der Waals surface area contributed by atoms with Gasteiger partial charge in [0.05, 0.1) is 6.54 Å². The lowest BCUT2D eigenvalue weighted by molar-refractivity contribution is -0.143. The van der Waals surface area contributed by atoms with Crippen LogP contribution in [-0.4, -0.2) is 84.1 Å². The Labute approximate surface area is 301 Å². The highest BCUT2D eigenvalue weighted by Gasteiger charge is 2.30. The van der Waals surface area contributed by atoms with E-state index in [-0.39, 0.29) is 48.6 Å². The molecule has 6 rings (SSSR count). The van der Waals surface area contributed by atoms with Gasteiger partial charge in [-0.2, -0.15) is 0 Å². The van der Waals surface area contributed by atoms with Crippen LogP contribution in [0.3, 0.4) is 0 Å². The van der Waals surface area contributed by atoms with E-state index in [2.05, 4.69) is 16.0 Å². The van der Waals surface area contributed by atoms with Gasteiger partial charge in [-0.3, -0.25) is 29.3 Å². The highest BCUT2D eigenvalue weighted by molar-refractivity contribution is 6.11. The van der Waals surface area contributed by atoms with Crippen molar-refractivity contribution in [2.45, 2.75) is 51.7 Å². The Kier molecular flexibility index (Phi) is 11.6. The summed E-state index contributed by atoms with van der Waals surface area (Å²) >= 11 is 0. The van der Waals surface area contributed by atoms with E-state index in [0.29, 0.717) is 37.3 Å². The number of anilines is 1. The zero-order valence-electron chi connectivity index (χ0n) is 29.1. The van der Waals surface area contributed by atoms with Gasteiger partial charge >= 0.3 is 5.97 Å². The van der Waals surface area contributed by atoms with E-state index in [4.69, 9.17) is 14.1 Å². The van der Waals surface area contributed by atoms with Crippen molar-refractivity contribution in [3.63, 3.8) is 0 Å². The second-order valence-corrected chi connectivity index (χ2v) is 12.9. The average molecular weight is 707 g/mol. The number of guanidine groups is 1. The molecule has 13 nitrogen and oxygen atoms in total. The molecule has 2 fully saturated rings. The molecule has 3 N–H and O–H groups in total. The molecule has 0 bridgehead atoms. The van der Waals surface area contributed by atoms with E-state index in [9.17, 15) is 24.0 Å². The molecule has 13 heteroatoms. The maximum atomic E-state index is 13.7. The Morgan fingerprint density at radius 1 is 0.865 bits per heavy atom. The molecule has 1 unspecified atom stereocenters. The molecular formula is C39H42N6O7. The van der Waals surface area contributed by atoms with Crippen LogP contribution in [0.4, 0.5) is 5.69 Å². The highest BCUT2D eigenvalue weighted by atomic mass is 16.5. The van der Waals surface area contributed by atoms with Crippen LogP contribution in [0.5, 0.6) is 0 Å². The first-order valence-electron chi connectivity index (χ1n) is 17.5. The SMILES string of the molecule is Cc1cc2cc(NC(=NC3CCCCN(CC(=O)N4CCCC4)C3=O)NC(=O)c3ccc(C(=O)NCC(=O)OCc4ccccc4)cc3)ccc2o1. The Balaban J connectivity index is 1.13. The summed E-state index contributed by atoms with van der Waals surface area (Å²) < 4.78 is 10.9. The standard InChI is InChI=1S/C39H42N6O7/c1-26-21-30-22-31(16-17-33(30)52-26)41-39(42-32-11-5-6-20-45(38(32)50)24-34(46)44-18-7-8-19-44)43-37(49)29-14-12-28(13-15-29)36(48)40-23-35(47)51-25-27-9-3-2-4-10-27/h2-4,9-10,12-17,21-22,32H,5-8,11,18-20,23-25H2,1H3,(H,40,48)(H2,41,42,43,49). The molecule has 0 spiro atoms. The number of amides is 4. The van der Waals surface area contributed by atoms with Crippen LogP contribution in [0.1, 0.15) is 64.1 Å². The molecule has 270 valence electrons. The van der Waals surface area contributed by atoms with Crippen molar-refractivity contribution < 1.29 is 33.1 Å². The minimum absolute atomic E-state index is 0.00524. The van der Waals surface area contributed by atoms with Crippen molar-refractivity contribution >= 4 is 52.2 Å². The monoisotopic (exact) mass is 706 g/mol. The van der Waals surface area contributed by atoms with E-state index in [1.807, 2.05) is 49.4 Å². The molecule has 2 aliphatic rings. The summed E-state index contributed by atoms with van der Waals surface area (Å²) in [5.41, 5.74) is 2.63. The van der Waals surface area contributed by atoms with Gasteiger partial charge in [-0.15, -0.1) is 0 Å². The number of likely N-dealkylation sites (tertiary alicyclic amines) is 2. The number of aliphatic imine (C=N–C) groups is 1. The number of nitrogens with zero attached hydrogens (tertiary/aromatic N) is 3. The van der Waals surface area contributed by atoms with Gasteiger partial charge in [-0.1, -0.05) is 30.3 Å². The van der Waals surface area contributed by atoms with Crippen LogP contribution in [0.2, 0.25) is 0 Å². The van der Waals surface area contributed by atoms with Gasteiger partial charge in [0.2, 0.25) is 17.8 Å². The Morgan fingerprint density at radius 2 is 1.58 bits per heavy atom. The number of fused-ring (bicyclic) bond motifs is 1. The van der Waals surface area contributed by atoms with Crippen molar-refractivity contribution in [3.05, 3.63) is 101 Å². The Hall–Kier alpha value is -5.98. The molecule has 3 heterocycles. The maximum absolute atomic E-state index is 13.7. The fourth-order valence-electron chi connectivity index (χ4n) is 6.23. The van der Waals surface area contributed by atoms with Gasteiger partial charge in [0, 0.05) is 41.8 Å². The lowest BCUT2D eigenvalue weighted by Gasteiger charge is -2.25. The van der Waals surface area contributed by atoms with Gasteiger partial charge in [-0.25, -0.2) is 4.99 Å². The number of hydrogen-bond donors (Lipinski definition) is 3. The molecule has 3 aromatic carbocycles. The topological polar surface area (TPSA) is 163 Å². The normalized spacial score (nSPS) is 16.4. The van der Waals surface area contributed by atoms with Gasteiger partial charge in [0.15, 0.2) is 0 Å². The van der Waals surface area contributed by atoms with Gasteiger partial charge in [0.1, 0.15) is 30.5 Å². The average Bonchev–Trinajstić information content (AvgIpc) is 3.79. The molecule has 0 radical (unpaired) electrons. The summed E-state index contributed by atoms with van der Waals surface area (Å²) in [6.45, 7) is 3.53. The molecule has 4 aromatic rings. The predicted molar refractivity (Wildman–Crippen MR) is 195 cm³/mol. The van der Waals surface area contributed by atoms with Gasteiger partial charge in [0.25, 0.3) is 11.8 Å². The molecule has 4 amide bonds. The van der Waals surface area contributed by atoms with Crippen molar-refractivity contribution in [2.24, 2.45) is 4.99 Å². The zero-order chi connectivity index (χ0) is 36.5. The molecule has 2 aliphatic heterocycles. The molecule has 52 heavy (non-hydrogen) atoms. The summed E-state index contributed by atoms with van der Waals surface area (Å²) in [5.74, 6) is -1.12. The first kappa shape index (κ1) is 35.8. The van der Waals surface area contributed by atoms with E-state index in [0.717, 1.165) is 42.4 Å². The second-order valence-electron chi connectivity index (χ2n) is 12.9. The van der Waals surface area contributed by atoms with E-state index >= 15 is 0 Å². The Morgan fingerprint density at radius 3 is 2.33 bits per heavy atom. The molecular weight excluding hydrogens is 664 g/mol. The van der Waals surface area contributed by atoms with Gasteiger partial charge in [-0.05, 0) is 93.1 Å². The van der Waals surface area contributed by atoms with Crippen molar-refractivity contribution in [2.75, 3.05) is 38.0 Å². The first-order valence-corrected chi connectivity index (χ1v) is 17.5. The number of ether oxygens (including phenoxy) is 1. The second kappa shape index (κ2) is 16.8. The summed E-state index contributed by atoms with van der Waals surface area (Å²) in [6, 6.07) is 21.7. The van der Waals surface area contributed by atoms with E-state index in [1.54, 1.807) is 21.9 Å². The lowest BCUT2D eigenvalue weighted by Crippen LogP contribution is -2.45. The molecule has 0 aliphatic carbocycles. The van der Waals surface area contributed by atoms with Crippen LogP contribution in [0.25, 0.3) is 11.0 Å². The largest absolute Gasteiger partial charge is 0.461 e. The molecule has 2 saturated heterocycles. The van der Waals surface area contributed by atoms with Crippen LogP contribution in [0, 0.1) is 6.92 Å². The highest BCUT2D eigenvalue weighted by Crippen LogP contribution is 2.23. The number of hydrogen-bond acceptors (Lipinski definition) is 8. The minimum Gasteiger partial charge on any atom is -0.461 e. The van der Waals surface area contributed by atoms with Crippen LogP contribution in [-0.2, 0) is 25.7 Å². The predicted octanol–water partition coefficient (Wildman–Crippen LogP) is 4.42. The zero-order valence-corrected chi connectivity index (χ0v) is 29.1. The van der Waals surface area contributed by atoms with Crippen molar-refractivity contribution in [3.8, 4) is 0 Å². The molecule has 1 atom stereocenters. The fraction of sp³-hybridized carbons (Fsp3) is 0.333. The van der Waals surface area contributed by atoms with Crippen molar-refractivity contribution in [1.29, 1.82) is 0 Å². The van der Waals surface area contributed by atoms with E-state index < -0.39 is 23.8 Å². The molecule has 0 saturated carbocycles. The number of nitrogens with one attached hydrogen (secondary N) is 3. The fourth-order valence-corrected chi connectivity index (χ4v) is 6.23. The van der Waals surface area contributed by atoms with Crippen molar-refractivity contribution in [1.82, 2.24) is 20.4 Å². The first-order chi connectivity index (χ1) is 25.2. The third kappa shape index (κ3) is 9.42. The lowest BCUT2D eigenvalue weighted by atomic mass is 10.1. The molecule has 1 aromatic heterocycles. The van der Waals surface area contributed by atoms with Crippen LogP contribution < -0.4 is 16.0 Å². The third-order valence-corrected chi connectivity index (χ3v) is 9.00. The number of rotatable bonds is 10. The summed E-state index contributed by atoms with van der Waals surface area (Å²) in [6.07, 6.45) is 3.86. The summed E-state index contributed by atoms with van der Waals surface area (Å²) in [4.78, 5) is 73.2. The van der Waals surface area contributed by atoms with Gasteiger partial charge < -0.3 is 29.6 Å². The number of carbonyl (C=O) groups is 5. The minimum atomic E-state index is -0.818. The number of aryl methyl sites for hydroxylation is 1.